The largest absolute Gasteiger partial charge is 0.354 e. The number of hydrogen-bond donors (Lipinski definition) is 1. The average Bonchev–Trinajstić information content (AvgIpc) is 3.32. The average molecular weight is 407 g/mol. The van der Waals surface area contributed by atoms with Crippen molar-refractivity contribution in [3.05, 3.63) is 70.7 Å². The zero-order chi connectivity index (χ0) is 19.3. The molecule has 2 aliphatic rings. The molecule has 3 aromatic rings. The number of fused-ring (bicyclic) bond motifs is 3. The van der Waals surface area contributed by atoms with Gasteiger partial charge in [0, 0.05) is 22.5 Å². The second kappa shape index (κ2) is 7.13. The lowest BCUT2D eigenvalue weighted by molar-refractivity contribution is 0.522. The molecule has 3 atom stereocenters. The van der Waals surface area contributed by atoms with Crippen molar-refractivity contribution in [1.82, 2.24) is 0 Å². The topological polar surface area (TPSA) is 12.0 Å². The van der Waals surface area contributed by atoms with Crippen LogP contribution in [0.3, 0.4) is 0 Å². The summed E-state index contributed by atoms with van der Waals surface area (Å²) in [7, 11) is 2.92. The molecule has 1 N–H and O–H groups in total. The second-order valence-corrected chi connectivity index (χ2v) is 9.80. The van der Waals surface area contributed by atoms with E-state index in [1.807, 2.05) is 12.1 Å². The molecule has 28 heavy (non-hydrogen) atoms. The van der Waals surface area contributed by atoms with Gasteiger partial charge in [-0.05, 0) is 77.5 Å². The molecule has 2 aromatic carbocycles. The molecule has 0 bridgehead atoms. The Morgan fingerprint density at radius 2 is 2.04 bits per heavy atom. The lowest BCUT2D eigenvalue weighted by atomic mass is 9.89. The van der Waals surface area contributed by atoms with Crippen molar-refractivity contribution in [1.29, 1.82) is 0 Å². The first kappa shape index (κ1) is 18.1. The van der Waals surface area contributed by atoms with Crippen LogP contribution < -0.4 is 5.32 Å². The summed E-state index contributed by atoms with van der Waals surface area (Å²) >= 11 is 1.69. The second-order valence-electron chi connectivity index (χ2n) is 7.94. The van der Waals surface area contributed by atoms with Crippen LogP contribution in [0.25, 0.3) is 28.0 Å². The molecule has 1 saturated carbocycles. The number of thiophene rings is 1. The third-order valence-corrected chi connectivity index (χ3v) is 7.59. The van der Waals surface area contributed by atoms with Crippen LogP contribution in [-0.2, 0) is 6.42 Å². The van der Waals surface area contributed by atoms with Gasteiger partial charge in [0.05, 0.1) is 4.88 Å². The minimum atomic E-state index is -0.0824. The Bertz CT molecular complexity index is 1070. The molecule has 2 heterocycles. The molecular formula is C24H23FNPS. The van der Waals surface area contributed by atoms with Crippen molar-refractivity contribution in [2.45, 2.75) is 31.3 Å². The third kappa shape index (κ3) is 3.11. The van der Waals surface area contributed by atoms with E-state index >= 15 is 0 Å². The molecule has 0 radical (unpaired) electrons. The quantitative estimate of drug-likeness (QED) is 0.453. The van der Waals surface area contributed by atoms with Gasteiger partial charge in [-0.15, -0.1) is 20.6 Å². The van der Waals surface area contributed by atoms with Crippen LogP contribution in [0.2, 0.25) is 0 Å². The lowest BCUT2D eigenvalue weighted by Crippen LogP contribution is -2.06. The van der Waals surface area contributed by atoms with E-state index in [-0.39, 0.29) is 5.82 Å². The van der Waals surface area contributed by atoms with Crippen molar-refractivity contribution in [2.75, 3.05) is 5.32 Å². The van der Waals surface area contributed by atoms with E-state index in [4.69, 9.17) is 0 Å². The van der Waals surface area contributed by atoms with Crippen LogP contribution in [0.1, 0.15) is 29.7 Å². The number of nitrogens with one attached hydrogen (secondary N) is 1. The highest BCUT2D eigenvalue weighted by Gasteiger charge is 2.25. The van der Waals surface area contributed by atoms with Gasteiger partial charge in [0.1, 0.15) is 5.82 Å². The molecule has 142 valence electrons. The Labute approximate surface area is 171 Å². The van der Waals surface area contributed by atoms with Crippen molar-refractivity contribution in [3.8, 4) is 22.3 Å². The number of hydrogen-bond acceptors (Lipinski definition) is 2. The summed E-state index contributed by atoms with van der Waals surface area (Å²) in [5, 5.41) is 5.50. The predicted octanol–water partition coefficient (Wildman–Crippen LogP) is 7.20. The van der Waals surface area contributed by atoms with Gasteiger partial charge in [-0.3, -0.25) is 0 Å². The molecule has 1 aromatic heterocycles. The van der Waals surface area contributed by atoms with E-state index < -0.39 is 0 Å². The molecule has 4 heteroatoms. The van der Waals surface area contributed by atoms with Gasteiger partial charge < -0.3 is 5.32 Å². The Hall–Kier alpha value is -1.96. The predicted molar refractivity (Wildman–Crippen MR) is 122 cm³/mol. The highest BCUT2D eigenvalue weighted by molar-refractivity contribution is 7.17. The standard InChI is InChI=1S/C24H23FNPS/c1-14-24-20(9-10-28-24)23-19(3-2-4-22(23)26-14)16-6-7-17(21(25)13-16)11-15-5-8-18(27)12-15/h2-4,6-7,9-10,13,15,18,26H,1,5,8,11-12,27H2. The summed E-state index contributed by atoms with van der Waals surface area (Å²) in [5.41, 5.74) is 7.83. The molecule has 3 unspecified atom stereocenters. The van der Waals surface area contributed by atoms with Gasteiger partial charge in [0.15, 0.2) is 0 Å². The zero-order valence-electron chi connectivity index (χ0n) is 15.7. The van der Waals surface area contributed by atoms with Crippen LogP contribution in [0.15, 0.2) is 54.4 Å². The maximum Gasteiger partial charge on any atom is 0.127 e. The van der Waals surface area contributed by atoms with Gasteiger partial charge >= 0.3 is 0 Å². The van der Waals surface area contributed by atoms with Gasteiger partial charge in [-0.2, -0.15) is 0 Å². The van der Waals surface area contributed by atoms with Gasteiger partial charge in [0.25, 0.3) is 0 Å². The summed E-state index contributed by atoms with van der Waals surface area (Å²) in [6.45, 7) is 4.15. The summed E-state index contributed by atoms with van der Waals surface area (Å²) in [5.74, 6) is 0.525. The minimum Gasteiger partial charge on any atom is -0.354 e. The van der Waals surface area contributed by atoms with Crippen LogP contribution >= 0.6 is 20.6 Å². The molecule has 1 fully saturated rings. The van der Waals surface area contributed by atoms with Gasteiger partial charge in [-0.1, -0.05) is 30.8 Å². The normalized spacial score (nSPS) is 20.6. The van der Waals surface area contributed by atoms with Crippen molar-refractivity contribution in [3.63, 3.8) is 0 Å². The number of rotatable bonds is 3. The highest BCUT2D eigenvalue weighted by Crippen LogP contribution is 2.47. The van der Waals surface area contributed by atoms with Crippen LogP contribution in [0.5, 0.6) is 0 Å². The zero-order valence-corrected chi connectivity index (χ0v) is 17.6. The molecule has 1 aliphatic carbocycles. The first-order valence-electron chi connectivity index (χ1n) is 9.81. The number of anilines is 1. The molecule has 1 nitrogen and oxygen atoms in total. The molecular weight excluding hydrogens is 384 g/mol. The SMILES string of the molecule is C=C1Nc2cccc(-c3ccc(CC4CCC(P)C4)c(F)c3)c2-c2ccsc21. The molecule has 0 amide bonds. The summed E-state index contributed by atoms with van der Waals surface area (Å²) in [6, 6.07) is 14.1. The maximum absolute atomic E-state index is 15.0. The maximum atomic E-state index is 15.0. The van der Waals surface area contributed by atoms with E-state index in [1.165, 1.54) is 24.8 Å². The third-order valence-electron chi connectivity index (χ3n) is 6.01. The Morgan fingerprint density at radius 3 is 2.82 bits per heavy atom. The first-order chi connectivity index (χ1) is 13.6. The fraction of sp³-hybridized carbons (Fsp3) is 0.250. The Morgan fingerprint density at radius 1 is 1.14 bits per heavy atom. The highest BCUT2D eigenvalue weighted by atomic mass is 32.1. The van der Waals surface area contributed by atoms with Crippen molar-refractivity contribution in [2.24, 2.45) is 5.92 Å². The summed E-state index contributed by atoms with van der Waals surface area (Å²) in [4.78, 5) is 1.16. The van der Waals surface area contributed by atoms with Crippen LogP contribution in [0, 0.1) is 11.7 Å². The number of halogens is 1. The molecule has 5 rings (SSSR count). The van der Waals surface area contributed by atoms with Crippen LogP contribution in [0.4, 0.5) is 10.1 Å². The summed E-state index contributed by atoms with van der Waals surface area (Å²) in [6.07, 6.45) is 4.49. The summed E-state index contributed by atoms with van der Waals surface area (Å²) < 4.78 is 15.0. The van der Waals surface area contributed by atoms with Crippen LogP contribution in [-0.4, -0.2) is 5.66 Å². The Balaban J connectivity index is 1.52. The minimum absolute atomic E-state index is 0.0824. The van der Waals surface area contributed by atoms with E-state index in [1.54, 1.807) is 17.4 Å². The smallest absolute Gasteiger partial charge is 0.127 e. The Kier molecular flexibility index (Phi) is 4.61. The fourth-order valence-electron chi connectivity index (χ4n) is 4.64. The lowest BCUT2D eigenvalue weighted by Gasteiger charge is -2.23. The van der Waals surface area contributed by atoms with E-state index in [0.29, 0.717) is 11.6 Å². The van der Waals surface area contributed by atoms with Gasteiger partial charge in [-0.25, -0.2) is 4.39 Å². The van der Waals surface area contributed by atoms with E-state index in [9.17, 15) is 4.39 Å². The van der Waals surface area contributed by atoms with Crippen molar-refractivity contribution >= 4 is 32.0 Å². The fourth-order valence-corrected chi connectivity index (χ4v) is 6.04. The van der Waals surface area contributed by atoms with Crippen molar-refractivity contribution < 1.29 is 4.39 Å². The monoisotopic (exact) mass is 407 g/mol. The molecule has 0 spiro atoms. The van der Waals surface area contributed by atoms with E-state index in [0.717, 1.165) is 44.9 Å². The number of benzene rings is 2. The first-order valence-corrected chi connectivity index (χ1v) is 11.4. The van der Waals surface area contributed by atoms with E-state index in [2.05, 4.69) is 50.8 Å². The molecule has 0 saturated heterocycles. The molecule has 1 aliphatic heterocycles. The van der Waals surface area contributed by atoms with Gasteiger partial charge in [0.2, 0.25) is 0 Å².